The average molecular weight is 529 g/mol. The number of nitrogen functional groups attached to an aromatic ring is 1. The van der Waals surface area contributed by atoms with Crippen LogP contribution in [0.2, 0.25) is 0 Å². The number of hydrogen-bond donors (Lipinski definition) is 1. The molecule has 0 aliphatic carbocycles. The zero-order valence-electron chi connectivity index (χ0n) is 20.7. The molecule has 0 amide bonds. The first-order valence-corrected chi connectivity index (χ1v) is 13.1. The Labute approximate surface area is 208 Å². The molecule has 200 valence electrons. The van der Waals surface area contributed by atoms with E-state index in [9.17, 15) is 14.2 Å². The van der Waals surface area contributed by atoms with E-state index >= 15 is 0 Å². The Morgan fingerprint density at radius 1 is 1.25 bits per heavy atom. The molecule has 1 unspecified atom stereocenters. The van der Waals surface area contributed by atoms with Crippen LogP contribution >= 0.6 is 7.82 Å². The van der Waals surface area contributed by atoms with Crippen molar-refractivity contribution in [3.05, 3.63) is 6.33 Å². The van der Waals surface area contributed by atoms with Crippen molar-refractivity contribution in [1.82, 2.24) is 19.5 Å². The van der Waals surface area contributed by atoms with Crippen molar-refractivity contribution in [1.29, 1.82) is 0 Å². The van der Waals surface area contributed by atoms with Gasteiger partial charge >= 0.3 is 19.8 Å². The van der Waals surface area contributed by atoms with E-state index in [0.717, 1.165) is 0 Å². The third-order valence-corrected chi connectivity index (χ3v) is 6.49. The Balaban J connectivity index is 1.60. The minimum atomic E-state index is -3.92. The Morgan fingerprint density at radius 2 is 2.03 bits per heavy atom. The second-order valence-electron chi connectivity index (χ2n) is 8.30. The predicted molar refractivity (Wildman–Crippen MR) is 126 cm³/mol. The summed E-state index contributed by atoms with van der Waals surface area (Å²) >= 11 is 0. The zero-order chi connectivity index (χ0) is 26.3. The molecule has 3 heterocycles. The van der Waals surface area contributed by atoms with Gasteiger partial charge in [-0.2, -0.15) is 9.97 Å². The van der Waals surface area contributed by atoms with Gasteiger partial charge in [-0.05, 0) is 33.1 Å². The van der Waals surface area contributed by atoms with Crippen LogP contribution in [0.25, 0.3) is 11.2 Å². The quantitative estimate of drug-likeness (QED) is 0.228. The van der Waals surface area contributed by atoms with Crippen LogP contribution in [-0.2, 0) is 37.2 Å². The van der Waals surface area contributed by atoms with E-state index in [1.165, 1.54) is 13.3 Å². The molecule has 0 radical (unpaired) electrons. The number of hydrogen-bond acceptors (Lipinski definition) is 13. The lowest BCUT2D eigenvalue weighted by Crippen LogP contribution is -2.18. The molecule has 3 atom stereocenters. The van der Waals surface area contributed by atoms with Crippen LogP contribution in [0.1, 0.15) is 59.6 Å². The summed E-state index contributed by atoms with van der Waals surface area (Å²) in [5.74, 6) is -1.03. The lowest BCUT2D eigenvalue weighted by molar-refractivity contribution is -0.144. The van der Waals surface area contributed by atoms with Crippen LogP contribution in [0, 0.1) is 0 Å². The summed E-state index contributed by atoms with van der Waals surface area (Å²) in [6.45, 7) is 6.25. The fourth-order valence-electron chi connectivity index (χ4n) is 3.45. The van der Waals surface area contributed by atoms with Gasteiger partial charge in [0.1, 0.15) is 12.8 Å². The second-order valence-corrected chi connectivity index (χ2v) is 9.92. The molecule has 0 aromatic carbocycles. The molecule has 0 saturated carbocycles. The number of carbonyl (C=O) groups is 2. The molecule has 2 aromatic heterocycles. The first kappa shape index (κ1) is 27.9. The van der Waals surface area contributed by atoms with Gasteiger partial charge in [0.2, 0.25) is 5.95 Å². The summed E-state index contributed by atoms with van der Waals surface area (Å²) in [5, 5.41) is 0. The molecule has 36 heavy (non-hydrogen) atoms. The number of nitrogens with zero attached hydrogens (tertiary/aromatic N) is 4. The number of ether oxygens (including phenoxy) is 3. The maximum absolute atomic E-state index is 13.0. The number of esters is 2. The molecular weight excluding hydrogens is 497 g/mol. The minimum Gasteiger partial charge on any atom is -0.463 e. The van der Waals surface area contributed by atoms with Gasteiger partial charge in [0.25, 0.3) is 5.88 Å². The van der Waals surface area contributed by atoms with Crippen LogP contribution in [0.15, 0.2) is 6.33 Å². The van der Waals surface area contributed by atoms with Crippen LogP contribution in [0.5, 0.6) is 5.88 Å². The predicted octanol–water partition coefficient (Wildman–Crippen LogP) is 2.92. The van der Waals surface area contributed by atoms with Crippen LogP contribution in [0.4, 0.5) is 5.95 Å². The molecule has 1 saturated heterocycles. The van der Waals surface area contributed by atoms with Gasteiger partial charge in [-0.25, -0.2) is 9.55 Å². The number of phosphoric ester groups is 1. The van der Waals surface area contributed by atoms with Crippen molar-refractivity contribution < 1.29 is 41.9 Å². The third kappa shape index (κ3) is 7.68. The van der Waals surface area contributed by atoms with Gasteiger partial charge in [-0.15, -0.1) is 0 Å². The lowest BCUT2D eigenvalue weighted by atomic mass is 10.2. The Kier molecular flexibility index (Phi) is 9.74. The van der Waals surface area contributed by atoms with Crippen molar-refractivity contribution in [2.75, 3.05) is 25.6 Å². The van der Waals surface area contributed by atoms with E-state index in [4.69, 9.17) is 33.5 Å². The summed E-state index contributed by atoms with van der Waals surface area (Å²) in [7, 11) is -3.92. The molecule has 0 bridgehead atoms. The largest absolute Gasteiger partial charge is 0.475 e. The maximum atomic E-state index is 13.0. The van der Waals surface area contributed by atoms with Gasteiger partial charge in [0, 0.05) is 13.3 Å². The summed E-state index contributed by atoms with van der Waals surface area (Å²) in [5.41, 5.74) is 6.39. The molecule has 0 spiro atoms. The zero-order valence-corrected chi connectivity index (χ0v) is 21.6. The van der Waals surface area contributed by atoms with Crippen molar-refractivity contribution in [2.24, 2.45) is 0 Å². The number of aromatic nitrogens is 4. The molecule has 15 heteroatoms. The van der Waals surface area contributed by atoms with E-state index in [1.54, 1.807) is 18.4 Å². The molecule has 1 fully saturated rings. The van der Waals surface area contributed by atoms with Crippen molar-refractivity contribution in [3.63, 3.8) is 0 Å². The second kappa shape index (κ2) is 12.5. The van der Waals surface area contributed by atoms with Crippen molar-refractivity contribution >= 4 is 36.9 Å². The standard InChI is InChI=1S/C21H32N5O9P/c1-5-6-17(28)30-9-10-31-36(29,35-13(2)3)32-11-15-7-8-16(34-15)26-12-23-18-19(26)24-21(22)25-20(18)33-14(4)27/h12-13,15-16H,5-11H2,1-4H3,(H2,22,24,25)/t15-,16+,36?/m0/s1. The number of carbonyl (C=O) groups excluding carboxylic acids is 2. The highest BCUT2D eigenvalue weighted by Crippen LogP contribution is 2.51. The van der Waals surface area contributed by atoms with Gasteiger partial charge in [0.05, 0.1) is 31.7 Å². The molecule has 3 rings (SSSR count). The summed E-state index contributed by atoms with van der Waals surface area (Å²) in [6, 6.07) is 0. The molecular formula is C21H32N5O9P. The first-order chi connectivity index (χ1) is 17.1. The maximum Gasteiger partial charge on any atom is 0.475 e. The number of rotatable bonds is 13. The van der Waals surface area contributed by atoms with Crippen LogP contribution in [0.3, 0.4) is 0 Å². The topological polar surface area (TPSA) is 176 Å². The van der Waals surface area contributed by atoms with Gasteiger partial charge in [0.15, 0.2) is 11.2 Å². The monoisotopic (exact) mass is 529 g/mol. The van der Waals surface area contributed by atoms with Crippen LogP contribution in [-0.4, -0.2) is 63.5 Å². The molecule has 14 nitrogen and oxygen atoms in total. The Hall–Kier alpha value is -2.64. The SMILES string of the molecule is CCCC(=O)OCCOP(=O)(OC[C@@H]1CC[C@H](n2cnc3c(OC(C)=O)nc(N)nc32)O1)OC(C)C. The molecule has 2 aromatic rings. The summed E-state index contributed by atoms with van der Waals surface area (Å²) in [4.78, 5) is 35.2. The van der Waals surface area contributed by atoms with E-state index in [-0.39, 0.29) is 43.1 Å². The minimum absolute atomic E-state index is 0.0362. The fourth-order valence-corrected chi connectivity index (χ4v) is 4.81. The highest BCUT2D eigenvalue weighted by atomic mass is 31.2. The van der Waals surface area contributed by atoms with Crippen molar-refractivity contribution in [2.45, 2.75) is 71.8 Å². The van der Waals surface area contributed by atoms with Crippen LogP contribution < -0.4 is 10.5 Å². The third-order valence-electron chi connectivity index (χ3n) is 4.85. The molecule has 1 aliphatic heterocycles. The van der Waals surface area contributed by atoms with Gasteiger partial charge in [-0.1, -0.05) is 6.92 Å². The number of fused-ring (bicyclic) bond motifs is 1. The van der Waals surface area contributed by atoms with Crippen molar-refractivity contribution in [3.8, 4) is 5.88 Å². The number of phosphoric acid groups is 1. The van der Waals surface area contributed by atoms with E-state index in [0.29, 0.717) is 31.3 Å². The first-order valence-electron chi connectivity index (χ1n) is 11.7. The fraction of sp³-hybridized carbons (Fsp3) is 0.667. The number of anilines is 1. The van der Waals surface area contributed by atoms with E-state index in [2.05, 4.69) is 15.0 Å². The number of imidazole rings is 1. The normalized spacial score (nSPS) is 19.5. The number of nitrogens with two attached hydrogens (primary N) is 1. The van der Waals surface area contributed by atoms with Gasteiger partial charge < -0.3 is 19.9 Å². The molecule has 1 aliphatic rings. The highest BCUT2D eigenvalue weighted by Gasteiger charge is 2.34. The summed E-state index contributed by atoms with van der Waals surface area (Å²) < 4.78 is 47.1. The highest BCUT2D eigenvalue weighted by molar-refractivity contribution is 7.48. The molecule has 2 N–H and O–H groups in total. The van der Waals surface area contributed by atoms with E-state index in [1.807, 2.05) is 6.92 Å². The Morgan fingerprint density at radius 3 is 2.72 bits per heavy atom. The smallest absolute Gasteiger partial charge is 0.463 e. The Bertz CT molecular complexity index is 1110. The van der Waals surface area contributed by atoms with E-state index < -0.39 is 32.2 Å². The summed E-state index contributed by atoms with van der Waals surface area (Å²) in [6.07, 6.45) is 2.31. The lowest BCUT2D eigenvalue weighted by Gasteiger charge is -2.22. The average Bonchev–Trinajstić information content (AvgIpc) is 3.42. The van der Waals surface area contributed by atoms with Gasteiger partial charge in [-0.3, -0.25) is 27.7 Å².